The number of likely N-dealkylation sites (tertiary alicyclic amines) is 3. The number of allylic oxidation sites excluding steroid dienone is 4. The number of likely N-dealkylation sites (N-methyl/N-ethyl adjacent to an activating group) is 1. The Hall–Kier alpha value is -5.04. The van der Waals surface area contributed by atoms with E-state index in [2.05, 4.69) is 246 Å². The lowest BCUT2D eigenvalue weighted by molar-refractivity contribution is -0.135. The van der Waals surface area contributed by atoms with E-state index in [1.54, 1.807) is 4.90 Å². The number of piperidine rings is 3. The van der Waals surface area contributed by atoms with E-state index in [-0.39, 0.29) is 45.5 Å². The summed E-state index contributed by atoms with van der Waals surface area (Å²) in [4.78, 5) is 24.1. The maximum Gasteiger partial charge on any atom is 0.236 e. The van der Waals surface area contributed by atoms with Crippen molar-refractivity contribution in [1.82, 2.24) is 24.5 Å². The first kappa shape index (κ1) is 79.9. The van der Waals surface area contributed by atoms with Crippen molar-refractivity contribution in [3.05, 3.63) is 190 Å². The van der Waals surface area contributed by atoms with Crippen LogP contribution in [0.4, 0.5) is 4.39 Å². The zero-order valence-corrected chi connectivity index (χ0v) is 63.4. The topological polar surface area (TPSA) is 72.0 Å². The number of halogens is 1. The number of aliphatic hydroxyl groups excluding tert-OH is 1. The second kappa shape index (κ2) is 38.5. The molecule has 0 radical (unpaired) electrons. The van der Waals surface area contributed by atoms with Gasteiger partial charge in [-0.15, -0.1) is 0 Å². The van der Waals surface area contributed by atoms with E-state index in [0.29, 0.717) is 30.8 Å². The third-order valence-electron chi connectivity index (χ3n) is 21.5. The third kappa shape index (κ3) is 26.2. The monoisotopic (exact) mass is 1320 g/mol. The number of methoxy groups -OCH3 is 1. The first-order chi connectivity index (χ1) is 45.4. The number of carbonyl (C=O) groups excluding carboxylic acids is 1. The molecule has 0 spiro atoms. The first-order valence-corrected chi connectivity index (χ1v) is 37.0. The van der Waals surface area contributed by atoms with Crippen molar-refractivity contribution in [2.75, 3.05) is 86.3 Å². The molecular formula is C86H132FN5O4. The van der Waals surface area contributed by atoms with Crippen molar-refractivity contribution < 1.29 is 23.8 Å². The Labute approximate surface area is 585 Å². The highest BCUT2D eigenvalue weighted by Gasteiger charge is 2.36. The second-order valence-corrected chi connectivity index (χ2v) is 32.5. The number of hydrogen-bond acceptors (Lipinski definition) is 8. The van der Waals surface area contributed by atoms with Gasteiger partial charge in [-0.2, -0.15) is 0 Å². The minimum absolute atomic E-state index is 0.100. The molecule has 4 aromatic carbocycles. The van der Waals surface area contributed by atoms with Crippen molar-refractivity contribution in [1.29, 1.82) is 0 Å². The number of ether oxygens (including phenoxy) is 2. The molecule has 0 bridgehead atoms. The van der Waals surface area contributed by atoms with Crippen LogP contribution in [0.15, 0.2) is 162 Å². The predicted molar refractivity (Wildman–Crippen MR) is 405 cm³/mol. The Balaban J connectivity index is 0.000000203. The van der Waals surface area contributed by atoms with Crippen LogP contribution in [0, 0.1) is 17.7 Å². The van der Waals surface area contributed by atoms with Crippen molar-refractivity contribution in [2.24, 2.45) is 11.8 Å². The maximum atomic E-state index is 13.2. The zero-order chi connectivity index (χ0) is 70.2. The van der Waals surface area contributed by atoms with Crippen LogP contribution in [0.2, 0.25) is 0 Å². The van der Waals surface area contributed by atoms with E-state index in [1.165, 1.54) is 96.3 Å². The molecule has 96 heavy (non-hydrogen) atoms. The molecule has 10 heteroatoms. The van der Waals surface area contributed by atoms with E-state index in [1.807, 2.05) is 26.3 Å². The van der Waals surface area contributed by atoms with Crippen LogP contribution in [0.3, 0.4) is 0 Å². The number of hydrogen-bond donors (Lipinski definition) is 1. The van der Waals surface area contributed by atoms with Crippen molar-refractivity contribution in [3.63, 3.8) is 0 Å². The predicted octanol–water partition coefficient (Wildman–Crippen LogP) is 18.4. The van der Waals surface area contributed by atoms with Crippen LogP contribution in [-0.2, 0) is 35.9 Å². The fraction of sp³-hybridized carbons (Fsp3) is 0.616. The molecule has 4 aromatic rings. The fourth-order valence-electron chi connectivity index (χ4n) is 15.5. The van der Waals surface area contributed by atoms with Crippen LogP contribution in [0.1, 0.15) is 210 Å². The Kier molecular flexibility index (Phi) is 32.1. The highest BCUT2D eigenvalue weighted by atomic mass is 19.1. The number of aliphatic hydroxyl groups is 1. The molecule has 4 atom stereocenters. The summed E-state index contributed by atoms with van der Waals surface area (Å²) in [5, 5.41) is 9.76. The normalized spacial score (nSPS) is 19.4. The Bertz CT molecular complexity index is 2980. The summed E-state index contributed by atoms with van der Waals surface area (Å²) in [6.45, 7) is 46.9. The maximum absolute atomic E-state index is 13.2. The summed E-state index contributed by atoms with van der Waals surface area (Å²) in [7, 11) is 3.70. The minimum Gasteiger partial charge on any atom is -0.393 e. The Morgan fingerprint density at radius 3 is 1.10 bits per heavy atom. The van der Waals surface area contributed by atoms with Gasteiger partial charge in [0.1, 0.15) is 5.82 Å². The largest absolute Gasteiger partial charge is 0.393 e. The van der Waals surface area contributed by atoms with Gasteiger partial charge in [0.15, 0.2) is 0 Å². The molecule has 532 valence electrons. The van der Waals surface area contributed by atoms with Gasteiger partial charge in [0, 0.05) is 90.8 Å². The standard InChI is InChI=1S/C25H39NO.C21H33NO.C20H29FN2O.C20H31NO/c1-20(2)18-24(19-25(3,4)23-8-6-5-7-9-23)26-14-10-21(11-15-26)22-12-16-27-17-13-22;1-17(2)15-19(22-13-11-20(23-5)12-14-22)16-21(3,4)18-9-7-6-8-10-18;1-15(2)12-18(23-11-10-22(5)19(24)14-23)13-20(3,4)16-6-8-17(21)9-7-16;1-16(2)14-18(21-12-10-19(22)11-13-21)15-20(3,4)17-8-6-5-7-9-17/h5-9,18,21-22,24H,10-17,19H2,1-4H3;6-10,15,19-20H,11-14,16H2,1-5H3;6-9,12,18H,10-11,13-14H2,1-5H3;5-9,14,18-19,22H,10-13,15H2,1-4H3. The van der Waals surface area contributed by atoms with Crippen LogP contribution in [0.25, 0.3) is 0 Å². The van der Waals surface area contributed by atoms with Gasteiger partial charge in [-0.05, 0) is 213 Å². The summed E-state index contributed by atoms with van der Waals surface area (Å²) in [5.41, 5.74) is 11.3. The molecule has 1 N–H and O–H groups in total. The van der Waals surface area contributed by atoms with Gasteiger partial charge in [-0.25, -0.2) is 4.39 Å². The number of benzene rings is 4. The van der Waals surface area contributed by atoms with Gasteiger partial charge < -0.3 is 19.5 Å². The molecule has 1 amide bonds. The van der Waals surface area contributed by atoms with Crippen LogP contribution < -0.4 is 0 Å². The summed E-state index contributed by atoms with van der Waals surface area (Å²) in [6, 6.07) is 41.2. The van der Waals surface area contributed by atoms with Crippen molar-refractivity contribution in [2.45, 2.75) is 246 Å². The first-order valence-electron chi connectivity index (χ1n) is 37.0. The van der Waals surface area contributed by atoms with Gasteiger partial charge >= 0.3 is 0 Å². The van der Waals surface area contributed by atoms with Crippen LogP contribution >= 0.6 is 0 Å². The quantitative estimate of drug-likeness (QED) is 0.0781. The molecular weight excluding hydrogens is 1190 g/mol. The molecule has 0 saturated carbocycles. The molecule has 0 aliphatic carbocycles. The summed E-state index contributed by atoms with van der Waals surface area (Å²) >= 11 is 0. The van der Waals surface area contributed by atoms with Gasteiger partial charge in [0.25, 0.3) is 0 Å². The fourth-order valence-corrected chi connectivity index (χ4v) is 15.5. The third-order valence-corrected chi connectivity index (χ3v) is 21.5. The average Bonchev–Trinajstić information content (AvgIpc) is 0.876. The molecule has 9 nitrogen and oxygen atoms in total. The lowest BCUT2D eigenvalue weighted by Crippen LogP contribution is -2.52. The second-order valence-electron chi connectivity index (χ2n) is 32.5. The SMILES string of the molecule is CC(C)=CC(CC(C)(C)c1ccc(F)cc1)N1CCN(C)C(=O)C1.CC(C)=CC(CC(C)(C)c1ccccc1)N1CCC(C2CCOCC2)CC1.CC(C)=CC(CC(C)(C)c1ccccc1)N1CCC(O)CC1.COC1CCN(C(C=C(C)C)CC(C)(C)c2ccccc2)CC1. The van der Waals surface area contributed by atoms with E-state index >= 15 is 0 Å². The summed E-state index contributed by atoms with van der Waals surface area (Å²) in [6.07, 6.45) is 23.7. The molecule has 5 heterocycles. The molecule has 5 saturated heterocycles. The lowest BCUT2D eigenvalue weighted by atomic mass is 9.77. The van der Waals surface area contributed by atoms with Crippen LogP contribution in [0.5, 0.6) is 0 Å². The molecule has 5 aliphatic rings. The minimum atomic E-state index is -0.208. The van der Waals surface area contributed by atoms with E-state index in [9.17, 15) is 14.3 Å². The molecule has 5 fully saturated rings. The van der Waals surface area contributed by atoms with Gasteiger partial charge in [0.2, 0.25) is 5.91 Å². The number of rotatable bonds is 22. The van der Waals surface area contributed by atoms with E-state index in [4.69, 9.17) is 9.47 Å². The van der Waals surface area contributed by atoms with Gasteiger partial charge in [-0.3, -0.25) is 24.4 Å². The van der Waals surface area contributed by atoms with Gasteiger partial charge in [0.05, 0.1) is 18.8 Å². The lowest BCUT2D eigenvalue weighted by Gasteiger charge is -2.42. The number of carbonyl (C=O) groups is 1. The van der Waals surface area contributed by atoms with Crippen LogP contribution in [-0.4, -0.2) is 158 Å². The molecule has 4 unspecified atom stereocenters. The van der Waals surface area contributed by atoms with Crippen molar-refractivity contribution >= 4 is 5.91 Å². The Morgan fingerprint density at radius 2 is 0.771 bits per heavy atom. The van der Waals surface area contributed by atoms with Crippen molar-refractivity contribution in [3.8, 4) is 0 Å². The average molecular weight is 1320 g/mol. The Morgan fingerprint density at radius 1 is 0.458 bits per heavy atom. The molecule has 9 rings (SSSR count). The number of nitrogens with zero attached hydrogens (tertiary/aromatic N) is 5. The van der Waals surface area contributed by atoms with E-state index in [0.717, 1.165) is 115 Å². The number of amides is 1. The highest BCUT2D eigenvalue weighted by molar-refractivity contribution is 5.78. The van der Waals surface area contributed by atoms with E-state index < -0.39 is 0 Å². The smallest absolute Gasteiger partial charge is 0.236 e. The summed E-state index contributed by atoms with van der Waals surface area (Å²) in [5.74, 6) is 1.79. The number of piperazine rings is 1. The summed E-state index contributed by atoms with van der Waals surface area (Å²) < 4.78 is 24.3. The zero-order valence-electron chi connectivity index (χ0n) is 63.4. The highest BCUT2D eigenvalue weighted by Crippen LogP contribution is 2.38. The molecule has 0 aromatic heterocycles. The molecule has 5 aliphatic heterocycles. The van der Waals surface area contributed by atoms with Gasteiger partial charge in [-0.1, -0.05) is 205 Å².